The summed E-state index contributed by atoms with van der Waals surface area (Å²) < 4.78 is 5.13. The molecule has 5 heteroatoms. The van der Waals surface area contributed by atoms with Crippen LogP contribution in [0.4, 0.5) is 5.69 Å². The second kappa shape index (κ2) is 7.81. The van der Waals surface area contributed by atoms with Gasteiger partial charge in [0, 0.05) is 24.5 Å². The van der Waals surface area contributed by atoms with Gasteiger partial charge in [0.1, 0.15) is 5.75 Å². The third-order valence-corrected chi connectivity index (χ3v) is 3.38. The number of aromatic nitrogens is 1. The zero-order chi connectivity index (χ0) is 17.6. The first-order valence-corrected chi connectivity index (χ1v) is 8.02. The molecule has 1 amide bonds. The summed E-state index contributed by atoms with van der Waals surface area (Å²) in [7, 11) is 1.64. The van der Waals surface area contributed by atoms with Gasteiger partial charge >= 0.3 is 0 Å². The zero-order valence-corrected chi connectivity index (χ0v) is 14.7. The highest BCUT2D eigenvalue weighted by molar-refractivity contribution is 5.94. The molecule has 2 aromatic rings. The Morgan fingerprint density at radius 2 is 1.88 bits per heavy atom. The molecular formula is C19H25N3O2. The quantitative estimate of drug-likeness (QED) is 0.855. The molecule has 1 aromatic carbocycles. The molecule has 2 rings (SSSR count). The fraction of sp³-hybridized carbons (Fsp3) is 0.368. The number of hydrogen-bond acceptors (Lipinski definition) is 4. The number of ether oxygens (including phenoxy) is 1. The molecule has 2 N–H and O–H groups in total. The summed E-state index contributed by atoms with van der Waals surface area (Å²) in [5, 5.41) is 6.24. The predicted octanol–water partition coefficient (Wildman–Crippen LogP) is 3.27. The standard InChI is InChI=1S/C19H25N3O2/c1-19(2,3)22-16-11-15(12-20-13-16)18(23)21-10-9-14-5-7-17(24-4)8-6-14/h5-8,11-13,22H,9-10H2,1-4H3,(H,21,23). The topological polar surface area (TPSA) is 63.2 Å². The number of rotatable bonds is 6. The van der Waals surface area contributed by atoms with Gasteiger partial charge in [-0.1, -0.05) is 12.1 Å². The van der Waals surface area contributed by atoms with Crippen molar-refractivity contribution in [3.8, 4) is 5.75 Å². The number of anilines is 1. The average Bonchev–Trinajstić information content (AvgIpc) is 2.54. The molecule has 0 saturated carbocycles. The summed E-state index contributed by atoms with van der Waals surface area (Å²) in [5.74, 6) is 0.714. The minimum Gasteiger partial charge on any atom is -0.497 e. The number of amides is 1. The molecule has 0 aliphatic heterocycles. The monoisotopic (exact) mass is 327 g/mol. The van der Waals surface area contributed by atoms with Crippen LogP contribution < -0.4 is 15.4 Å². The molecule has 0 unspecified atom stereocenters. The molecule has 0 atom stereocenters. The van der Waals surface area contributed by atoms with Crippen molar-refractivity contribution in [1.82, 2.24) is 10.3 Å². The second-order valence-electron chi connectivity index (χ2n) is 6.69. The summed E-state index contributed by atoms with van der Waals surface area (Å²) in [5.41, 5.74) is 2.46. The minimum absolute atomic E-state index is 0.0782. The lowest BCUT2D eigenvalue weighted by Crippen LogP contribution is -2.28. The molecule has 0 aliphatic carbocycles. The zero-order valence-electron chi connectivity index (χ0n) is 14.7. The molecule has 128 valence electrons. The van der Waals surface area contributed by atoms with Crippen LogP contribution in [-0.4, -0.2) is 30.1 Å². The average molecular weight is 327 g/mol. The Morgan fingerprint density at radius 1 is 1.17 bits per heavy atom. The number of benzene rings is 1. The van der Waals surface area contributed by atoms with E-state index in [1.807, 2.05) is 30.3 Å². The van der Waals surface area contributed by atoms with Crippen molar-refractivity contribution in [3.63, 3.8) is 0 Å². The van der Waals surface area contributed by atoms with Crippen LogP contribution in [-0.2, 0) is 6.42 Å². The van der Waals surface area contributed by atoms with E-state index in [0.717, 1.165) is 23.4 Å². The smallest absolute Gasteiger partial charge is 0.252 e. The molecule has 1 aromatic heterocycles. The molecule has 5 nitrogen and oxygen atoms in total. The predicted molar refractivity (Wildman–Crippen MR) is 96.6 cm³/mol. The van der Waals surface area contributed by atoms with E-state index in [0.29, 0.717) is 12.1 Å². The Labute approximate surface area is 143 Å². The summed E-state index contributed by atoms with van der Waals surface area (Å²) in [4.78, 5) is 16.4. The molecule has 1 heterocycles. The minimum atomic E-state index is -0.117. The number of nitrogens with one attached hydrogen (secondary N) is 2. The number of methoxy groups -OCH3 is 1. The lowest BCUT2D eigenvalue weighted by molar-refractivity contribution is 0.0954. The van der Waals surface area contributed by atoms with Crippen LogP contribution in [0.3, 0.4) is 0 Å². The van der Waals surface area contributed by atoms with Gasteiger partial charge in [-0.25, -0.2) is 0 Å². The first-order chi connectivity index (χ1) is 11.4. The van der Waals surface area contributed by atoms with Crippen molar-refractivity contribution in [1.29, 1.82) is 0 Å². The molecule has 0 aliphatic rings. The SMILES string of the molecule is COc1ccc(CCNC(=O)c2cncc(NC(C)(C)C)c2)cc1. The van der Waals surface area contributed by atoms with E-state index < -0.39 is 0 Å². The van der Waals surface area contributed by atoms with Crippen LogP contribution in [0.5, 0.6) is 5.75 Å². The fourth-order valence-electron chi connectivity index (χ4n) is 2.28. The number of hydrogen-bond donors (Lipinski definition) is 2. The van der Waals surface area contributed by atoms with Crippen LogP contribution in [0.15, 0.2) is 42.7 Å². The van der Waals surface area contributed by atoms with Gasteiger partial charge in [-0.2, -0.15) is 0 Å². The van der Waals surface area contributed by atoms with Gasteiger partial charge in [0.2, 0.25) is 0 Å². The van der Waals surface area contributed by atoms with E-state index in [4.69, 9.17) is 4.74 Å². The largest absolute Gasteiger partial charge is 0.497 e. The molecular weight excluding hydrogens is 302 g/mol. The van der Waals surface area contributed by atoms with Gasteiger partial charge in [-0.15, -0.1) is 0 Å². The summed E-state index contributed by atoms with van der Waals surface area (Å²) in [6, 6.07) is 9.66. The van der Waals surface area contributed by atoms with E-state index in [1.54, 1.807) is 19.5 Å². The lowest BCUT2D eigenvalue weighted by atomic mass is 10.1. The summed E-state index contributed by atoms with van der Waals surface area (Å²) in [6.45, 7) is 6.76. The fourth-order valence-corrected chi connectivity index (χ4v) is 2.28. The third-order valence-electron chi connectivity index (χ3n) is 3.38. The highest BCUT2D eigenvalue weighted by atomic mass is 16.5. The van der Waals surface area contributed by atoms with Crippen molar-refractivity contribution in [3.05, 3.63) is 53.9 Å². The maximum atomic E-state index is 12.3. The Kier molecular flexibility index (Phi) is 5.79. The van der Waals surface area contributed by atoms with Crippen LogP contribution in [0.25, 0.3) is 0 Å². The molecule has 0 spiro atoms. The Bertz CT molecular complexity index is 676. The molecule has 0 saturated heterocycles. The number of pyridine rings is 1. The van der Waals surface area contributed by atoms with Gasteiger partial charge in [-0.3, -0.25) is 9.78 Å². The molecule has 24 heavy (non-hydrogen) atoms. The summed E-state index contributed by atoms with van der Waals surface area (Å²) in [6.07, 6.45) is 4.07. The van der Waals surface area contributed by atoms with E-state index in [-0.39, 0.29) is 11.4 Å². The van der Waals surface area contributed by atoms with Crippen LogP contribution in [0.2, 0.25) is 0 Å². The van der Waals surface area contributed by atoms with E-state index in [2.05, 4.69) is 36.4 Å². The van der Waals surface area contributed by atoms with Crippen molar-refractivity contribution in [2.24, 2.45) is 0 Å². The molecule has 0 fully saturated rings. The first kappa shape index (κ1) is 17.8. The van der Waals surface area contributed by atoms with Gasteiger partial charge in [0.25, 0.3) is 5.91 Å². The van der Waals surface area contributed by atoms with Gasteiger partial charge in [0.05, 0.1) is 18.4 Å². The lowest BCUT2D eigenvalue weighted by Gasteiger charge is -2.22. The normalized spacial score (nSPS) is 11.0. The third kappa shape index (κ3) is 5.57. The van der Waals surface area contributed by atoms with E-state index in [1.165, 1.54) is 0 Å². The van der Waals surface area contributed by atoms with Gasteiger partial charge < -0.3 is 15.4 Å². The molecule has 0 bridgehead atoms. The van der Waals surface area contributed by atoms with Crippen LogP contribution >= 0.6 is 0 Å². The maximum absolute atomic E-state index is 12.3. The second-order valence-corrected chi connectivity index (χ2v) is 6.69. The summed E-state index contributed by atoms with van der Waals surface area (Å²) >= 11 is 0. The van der Waals surface area contributed by atoms with Crippen LogP contribution in [0, 0.1) is 0 Å². The number of carbonyl (C=O) groups excluding carboxylic acids is 1. The van der Waals surface area contributed by atoms with Crippen molar-refractivity contribution < 1.29 is 9.53 Å². The van der Waals surface area contributed by atoms with Gasteiger partial charge in [-0.05, 0) is 51.0 Å². The highest BCUT2D eigenvalue weighted by Gasteiger charge is 2.12. The molecule has 0 radical (unpaired) electrons. The Hall–Kier alpha value is -2.56. The number of carbonyl (C=O) groups is 1. The first-order valence-electron chi connectivity index (χ1n) is 8.02. The van der Waals surface area contributed by atoms with E-state index in [9.17, 15) is 4.79 Å². The van der Waals surface area contributed by atoms with E-state index >= 15 is 0 Å². The van der Waals surface area contributed by atoms with Crippen molar-refractivity contribution in [2.75, 3.05) is 19.0 Å². The van der Waals surface area contributed by atoms with Crippen molar-refractivity contribution >= 4 is 11.6 Å². The number of nitrogens with zero attached hydrogens (tertiary/aromatic N) is 1. The van der Waals surface area contributed by atoms with Crippen molar-refractivity contribution in [2.45, 2.75) is 32.7 Å². The highest BCUT2D eigenvalue weighted by Crippen LogP contribution is 2.15. The maximum Gasteiger partial charge on any atom is 0.252 e. The Morgan fingerprint density at radius 3 is 2.50 bits per heavy atom. The van der Waals surface area contributed by atoms with Crippen LogP contribution in [0.1, 0.15) is 36.7 Å². The van der Waals surface area contributed by atoms with Gasteiger partial charge in [0.15, 0.2) is 0 Å². The Balaban J connectivity index is 1.89.